The highest BCUT2D eigenvalue weighted by Crippen LogP contribution is 2.26. The van der Waals surface area contributed by atoms with Crippen LogP contribution in [0.3, 0.4) is 0 Å². The maximum Gasteiger partial charge on any atom is 0.238 e. The maximum absolute atomic E-state index is 11.4. The van der Waals surface area contributed by atoms with Crippen LogP contribution in [-0.2, 0) is 10.0 Å². The van der Waals surface area contributed by atoms with E-state index in [1.54, 1.807) is 0 Å². The Morgan fingerprint density at radius 3 is 2.53 bits per heavy atom. The lowest BCUT2D eigenvalue weighted by molar-refractivity contribution is 0.598. The van der Waals surface area contributed by atoms with Crippen LogP contribution in [-0.4, -0.2) is 18.4 Å². The number of nitrogens with zero attached hydrogens (tertiary/aromatic N) is 2. The van der Waals surface area contributed by atoms with Crippen LogP contribution in [0.4, 0.5) is 5.69 Å². The Bertz CT molecular complexity index is 641. The number of rotatable bonds is 2. The predicted molar refractivity (Wildman–Crippen MR) is 63.3 cm³/mol. The van der Waals surface area contributed by atoms with Crippen LogP contribution in [0.25, 0.3) is 11.3 Å². The van der Waals surface area contributed by atoms with E-state index in [9.17, 15) is 8.42 Å². The van der Waals surface area contributed by atoms with E-state index in [1.165, 1.54) is 36.8 Å². The Balaban J connectivity index is 2.72. The first-order valence-electron chi connectivity index (χ1n) is 4.67. The molecule has 0 aliphatic carbocycles. The summed E-state index contributed by atoms with van der Waals surface area (Å²) in [6.45, 7) is 0. The lowest BCUT2D eigenvalue weighted by Gasteiger charge is -2.07. The highest BCUT2D eigenvalue weighted by Gasteiger charge is 2.16. The number of benzene rings is 1. The minimum Gasteiger partial charge on any atom is -0.399 e. The Morgan fingerprint density at radius 2 is 1.94 bits per heavy atom. The minimum absolute atomic E-state index is 0.0211. The molecule has 17 heavy (non-hydrogen) atoms. The summed E-state index contributed by atoms with van der Waals surface area (Å²) in [6.07, 6.45) is 4.40. The third-order valence-corrected chi connectivity index (χ3v) is 3.12. The van der Waals surface area contributed by atoms with E-state index >= 15 is 0 Å². The first-order valence-corrected chi connectivity index (χ1v) is 6.22. The molecule has 1 aromatic carbocycles. The van der Waals surface area contributed by atoms with Gasteiger partial charge in [-0.15, -0.1) is 0 Å². The number of sulfonamides is 1. The van der Waals surface area contributed by atoms with Crippen molar-refractivity contribution in [1.29, 1.82) is 0 Å². The van der Waals surface area contributed by atoms with E-state index in [4.69, 9.17) is 10.9 Å². The van der Waals surface area contributed by atoms with Gasteiger partial charge in [-0.1, -0.05) is 0 Å². The molecule has 0 aliphatic rings. The highest BCUT2D eigenvalue weighted by molar-refractivity contribution is 7.89. The van der Waals surface area contributed by atoms with E-state index in [-0.39, 0.29) is 4.90 Å². The Morgan fingerprint density at radius 1 is 1.18 bits per heavy atom. The second-order valence-corrected chi connectivity index (χ2v) is 4.92. The summed E-state index contributed by atoms with van der Waals surface area (Å²) < 4.78 is 22.9. The molecule has 4 N–H and O–H groups in total. The van der Waals surface area contributed by atoms with Gasteiger partial charge in [0.2, 0.25) is 10.0 Å². The molecule has 2 aromatic rings. The Labute approximate surface area is 98.4 Å². The molecule has 0 bridgehead atoms. The van der Waals surface area contributed by atoms with Crippen LogP contribution in [0.1, 0.15) is 0 Å². The number of nitrogen functional groups attached to an aromatic ring is 1. The molecule has 0 saturated carbocycles. The lowest BCUT2D eigenvalue weighted by Crippen LogP contribution is -2.13. The van der Waals surface area contributed by atoms with Gasteiger partial charge in [-0.25, -0.2) is 13.6 Å². The summed E-state index contributed by atoms with van der Waals surface area (Å²) in [5, 5.41) is 5.13. The fraction of sp³-hybridized carbons (Fsp3) is 0. The van der Waals surface area contributed by atoms with Crippen molar-refractivity contribution < 1.29 is 8.42 Å². The molecule has 1 aromatic heterocycles. The zero-order chi connectivity index (χ0) is 12.5. The fourth-order valence-electron chi connectivity index (χ4n) is 1.43. The Hall–Kier alpha value is -1.99. The van der Waals surface area contributed by atoms with Crippen molar-refractivity contribution >= 4 is 15.7 Å². The predicted octanol–water partition coefficient (Wildman–Crippen LogP) is 0.373. The second-order valence-electron chi connectivity index (χ2n) is 3.39. The molecule has 0 aliphatic heterocycles. The molecule has 0 amide bonds. The largest absolute Gasteiger partial charge is 0.399 e. The quantitative estimate of drug-likeness (QED) is 0.748. The lowest BCUT2D eigenvalue weighted by atomic mass is 10.1. The molecule has 0 atom stereocenters. The summed E-state index contributed by atoms with van der Waals surface area (Å²) in [6, 6.07) is 4.33. The van der Waals surface area contributed by atoms with Gasteiger partial charge in [0.25, 0.3) is 0 Å². The Kier molecular flexibility index (Phi) is 2.78. The molecule has 0 saturated heterocycles. The molecule has 7 heteroatoms. The van der Waals surface area contributed by atoms with Crippen molar-refractivity contribution in [2.75, 3.05) is 5.73 Å². The van der Waals surface area contributed by atoms with Crippen molar-refractivity contribution in [3.63, 3.8) is 0 Å². The van der Waals surface area contributed by atoms with E-state index in [2.05, 4.69) is 9.97 Å². The number of primary sulfonamides is 1. The molecule has 0 spiro atoms. The number of anilines is 1. The van der Waals surface area contributed by atoms with Gasteiger partial charge >= 0.3 is 0 Å². The van der Waals surface area contributed by atoms with E-state index < -0.39 is 10.0 Å². The molecule has 1 heterocycles. The van der Waals surface area contributed by atoms with E-state index in [0.29, 0.717) is 16.9 Å². The van der Waals surface area contributed by atoms with Gasteiger partial charge in [-0.05, 0) is 18.2 Å². The standard InChI is InChI=1S/C10H10N4O2S/c11-7-1-2-10(17(12,15)16)8(5-7)9-6-13-3-4-14-9/h1-6H,11H2,(H2,12,15,16). The van der Waals surface area contributed by atoms with Crippen molar-refractivity contribution in [1.82, 2.24) is 9.97 Å². The molecule has 6 nitrogen and oxygen atoms in total. The number of aromatic nitrogens is 2. The van der Waals surface area contributed by atoms with Crippen LogP contribution in [0, 0.1) is 0 Å². The zero-order valence-electron chi connectivity index (χ0n) is 8.74. The van der Waals surface area contributed by atoms with Gasteiger partial charge < -0.3 is 5.73 Å². The number of hydrogen-bond acceptors (Lipinski definition) is 5. The summed E-state index contributed by atoms with van der Waals surface area (Å²) in [7, 11) is -3.82. The fourth-order valence-corrected chi connectivity index (χ4v) is 2.16. The third kappa shape index (κ3) is 2.40. The molecule has 0 fully saturated rings. The van der Waals surface area contributed by atoms with Crippen molar-refractivity contribution in [3.8, 4) is 11.3 Å². The van der Waals surface area contributed by atoms with Crippen molar-refractivity contribution in [2.24, 2.45) is 5.14 Å². The number of hydrogen-bond donors (Lipinski definition) is 2. The molecule has 0 radical (unpaired) electrons. The molecule has 88 valence electrons. The van der Waals surface area contributed by atoms with Crippen LogP contribution in [0.5, 0.6) is 0 Å². The van der Waals surface area contributed by atoms with E-state index in [1.807, 2.05) is 0 Å². The molecular formula is C10H10N4O2S. The first kappa shape index (κ1) is 11.5. The van der Waals surface area contributed by atoms with Gasteiger partial charge in [0.1, 0.15) is 0 Å². The van der Waals surface area contributed by atoms with Crippen molar-refractivity contribution in [2.45, 2.75) is 4.90 Å². The van der Waals surface area contributed by atoms with Gasteiger partial charge in [0, 0.05) is 23.6 Å². The van der Waals surface area contributed by atoms with Gasteiger partial charge in [0.05, 0.1) is 16.8 Å². The molecular weight excluding hydrogens is 240 g/mol. The van der Waals surface area contributed by atoms with Gasteiger partial charge in [0.15, 0.2) is 0 Å². The second kappa shape index (κ2) is 4.11. The van der Waals surface area contributed by atoms with Crippen LogP contribution < -0.4 is 10.9 Å². The van der Waals surface area contributed by atoms with Crippen LogP contribution >= 0.6 is 0 Å². The number of nitrogens with two attached hydrogens (primary N) is 2. The average Bonchev–Trinajstić information content (AvgIpc) is 2.28. The zero-order valence-corrected chi connectivity index (χ0v) is 9.55. The van der Waals surface area contributed by atoms with Crippen molar-refractivity contribution in [3.05, 3.63) is 36.8 Å². The summed E-state index contributed by atoms with van der Waals surface area (Å²) in [5.41, 5.74) is 6.81. The van der Waals surface area contributed by atoms with Crippen LogP contribution in [0.2, 0.25) is 0 Å². The van der Waals surface area contributed by atoms with E-state index in [0.717, 1.165) is 0 Å². The topological polar surface area (TPSA) is 112 Å². The van der Waals surface area contributed by atoms with Crippen LogP contribution in [0.15, 0.2) is 41.7 Å². The smallest absolute Gasteiger partial charge is 0.238 e. The normalized spacial score (nSPS) is 11.4. The highest BCUT2D eigenvalue weighted by atomic mass is 32.2. The molecule has 2 rings (SSSR count). The summed E-state index contributed by atoms with van der Waals surface area (Å²) in [5.74, 6) is 0. The molecule has 0 unspecified atom stereocenters. The van der Waals surface area contributed by atoms with Gasteiger partial charge in [-0.3, -0.25) is 9.97 Å². The maximum atomic E-state index is 11.4. The summed E-state index contributed by atoms with van der Waals surface area (Å²) >= 11 is 0. The monoisotopic (exact) mass is 250 g/mol. The summed E-state index contributed by atoms with van der Waals surface area (Å²) in [4.78, 5) is 7.88. The minimum atomic E-state index is -3.82. The SMILES string of the molecule is Nc1ccc(S(N)(=O)=O)c(-c2cnccn2)c1. The average molecular weight is 250 g/mol. The first-order chi connectivity index (χ1) is 7.98. The van der Waals surface area contributed by atoms with Gasteiger partial charge in [-0.2, -0.15) is 0 Å². The third-order valence-electron chi connectivity index (χ3n) is 2.15.